The van der Waals surface area contributed by atoms with Gasteiger partial charge in [0.2, 0.25) is 5.88 Å². The highest BCUT2D eigenvalue weighted by atomic mass is 32.1. The van der Waals surface area contributed by atoms with E-state index in [0.717, 1.165) is 23.7 Å². The lowest BCUT2D eigenvalue weighted by atomic mass is 10.1. The summed E-state index contributed by atoms with van der Waals surface area (Å²) < 4.78 is 37.3. The fourth-order valence-corrected chi connectivity index (χ4v) is 3.60. The molecule has 2 rings (SSSR count). The number of primary amides is 1. The molecule has 3 amide bonds. The summed E-state index contributed by atoms with van der Waals surface area (Å²) in [5, 5.41) is 18.2. The molecule has 1 aromatic heterocycles. The van der Waals surface area contributed by atoms with E-state index in [9.17, 15) is 23.5 Å². The number of hydrogen-bond donors (Lipinski definition) is 5. The number of nitrogens with one attached hydrogen (secondary N) is 3. The molecule has 0 bridgehead atoms. The fourth-order valence-electron chi connectivity index (χ4n) is 2.87. The van der Waals surface area contributed by atoms with Gasteiger partial charge in [-0.2, -0.15) is 4.37 Å². The quantitative estimate of drug-likeness (QED) is 0.313. The van der Waals surface area contributed by atoms with Crippen LogP contribution in [-0.4, -0.2) is 46.7 Å². The van der Waals surface area contributed by atoms with E-state index in [2.05, 4.69) is 20.3 Å². The van der Waals surface area contributed by atoms with Crippen LogP contribution in [0, 0.1) is 18.6 Å². The van der Waals surface area contributed by atoms with Crippen LogP contribution in [0.4, 0.5) is 18.6 Å². The Balaban J connectivity index is 1.92. The van der Waals surface area contributed by atoms with Crippen molar-refractivity contribution in [2.24, 2.45) is 5.73 Å². The minimum absolute atomic E-state index is 0.0292. The molecule has 0 spiro atoms. The number of aliphatic hydroxyl groups is 1. The van der Waals surface area contributed by atoms with E-state index in [-0.39, 0.29) is 28.6 Å². The number of ether oxygens (including phenoxy) is 1. The van der Waals surface area contributed by atoms with Crippen molar-refractivity contribution in [3.8, 4) is 5.88 Å². The summed E-state index contributed by atoms with van der Waals surface area (Å²) in [4.78, 5) is 24.0. The van der Waals surface area contributed by atoms with Gasteiger partial charge in [0.05, 0.1) is 11.7 Å². The molecule has 2 aromatic rings. The van der Waals surface area contributed by atoms with Crippen LogP contribution in [0.2, 0.25) is 0 Å². The van der Waals surface area contributed by atoms with Crippen LogP contribution < -0.4 is 26.4 Å². The summed E-state index contributed by atoms with van der Waals surface area (Å²) in [6.07, 6.45) is 0.315. The molecule has 0 radical (unpaired) electrons. The van der Waals surface area contributed by atoms with Gasteiger partial charge in [-0.3, -0.25) is 10.1 Å². The summed E-state index contributed by atoms with van der Waals surface area (Å²) in [5.41, 5.74) is 5.27. The van der Waals surface area contributed by atoms with Crippen molar-refractivity contribution in [1.29, 1.82) is 0 Å². The Hall–Kier alpha value is -2.83. The molecule has 1 heterocycles. The molecule has 0 aliphatic heterocycles. The predicted molar refractivity (Wildman–Crippen MR) is 121 cm³/mol. The first kappa shape index (κ1) is 26.4. The van der Waals surface area contributed by atoms with Crippen LogP contribution in [0.25, 0.3) is 0 Å². The fraction of sp³-hybridized carbons (Fsp3) is 0.476. The number of carbonyl (C=O) groups is 2. The summed E-state index contributed by atoms with van der Waals surface area (Å²) in [6, 6.07) is 2.01. The Morgan fingerprint density at radius 3 is 2.45 bits per heavy atom. The van der Waals surface area contributed by atoms with Gasteiger partial charge < -0.3 is 26.2 Å². The number of hydrogen-bond acceptors (Lipinski definition) is 7. The van der Waals surface area contributed by atoms with Crippen molar-refractivity contribution in [2.45, 2.75) is 52.4 Å². The van der Waals surface area contributed by atoms with Gasteiger partial charge in [0.1, 0.15) is 28.8 Å². The highest BCUT2D eigenvalue weighted by molar-refractivity contribution is 7.11. The third-order valence-electron chi connectivity index (χ3n) is 4.57. The van der Waals surface area contributed by atoms with Crippen molar-refractivity contribution >= 4 is 28.5 Å². The second-order valence-corrected chi connectivity index (χ2v) is 8.55. The molecule has 0 aliphatic carbocycles. The monoisotopic (exact) mass is 485 g/mol. The summed E-state index contributed by atoms with van der Waals surface area (Å²) >= 11 is 0.739. The van der Waals surface area contributed by atoms with Crippen LogP contribution in [0.15, 0.2) is 12.1 Å². The average molecular weight is 486 g/mol. The van der Waals surface area contributed by atoms with E-state index in [1.165, 1.54) is 0 Å². The molecule has 1 atom stereocenters. The number of carbonyl (C=O) groups excluding carboxylic acids is 2. The molecule has 1 unspecified atom stereocenters. The first-order valence-electron chi connectivity index (χ1n) is 10.4. The lowest BCUT2D eigenvalue weighted by Crippen LogP contribution is -2.32. The minimum Gasteiger partial charge on any atom is -0.471 e. The SMILES string of the molecule is Cc1cc(F)c(COc2nsc(NC(=O)NCCC(O)CCNC(C)C)c2C(N)=O)c(F)c1. The smallest absolute Gasteiger partial charge is 0.319 e. The van der Waals surface area contributed by atoms with Gasteiger partial charge in [0.15, 0.2) is 0 Å². The van der Waals surface area contributed by atoms with E-state index in [4.69, 9.17) is 10.5 Å². The van der Waals surface area contributed by atoms with Crippen molar-refractivity contribution in [3.63, 3.8) is 0 Å². The second kappa shape index (κ2) is 12.4. The van der Waals surface area contributed by atoms with E-state index < -0.39 is 36.3 Å². The lowest BCUT2D eigenvalue weighted by Gasteiger charge is -2.13. The van der Waals surface area contributed by atoms with E-state index >= 15 is 0 Å². The molecule has 6 N–H and O–H groups in total. The molecule has 0 saturated heterocycles. The molecule has 1 aromatic carbocycles. The number of halogens is 2. The standard InChI is InChI=1S/C21H29F2N5O4S/c1-11(2)25-6-4-13(29)5-7-26-21(31)27-20-17(18(24)30)19(28-33-20)32-10-14-15(22)8-12(3)9-16(14)23/h8-9,11,13,25,29H,4-7,10H2,1-3H3,(H2,24,30)(H2,26,27,31). The summed E-state index contributed by atoms with van der Waals surface area (Å²) in [5.74, 6) is -2.74. The predicted octanol–water partition coefficient (Wildman–Crippen LogP) is 2.67. The number of nitrogens with two attached hydrogens (primary N) is 1. The Bertz CT molecular complexity index is 947. The highest BCUT2D eigenvalue weighted by Gasteiger charge is 2.23. The number of amides is 3. The largest absolute Gasteiger partial charge is 0.471 e. The number of anilines is 1. The number of rotatable bonds is 12. The Morgan fingerprint density at radius 1 is 1.21 bits per heavy atom. The van der Waals surface area contributed by atoms with Crippen LogP contribution in [-0.2, 0) is 6.61 Å². The zero-order chi connectivity index (χ0) is 24.5. The minimum atomic E-state index is -0.924. The van der Waals surface area contributed by atoms with Gasteiger partial charge in [-0.25, -0.2) is 13.6 Å². The zero-order valence-corrected chi connectivity index (χ0v) is 19.5. The highest BCUT2D eigenvalue weighted by Crippen LogP contribution is 2.31. The van der Waals surface area contributed by atoms with Gasteiger partial charge >= 0.3 is 6.03 Å². The van der Waals surface area contributed by atoms with Gasteiger partial charge in [0.25, 0.3) is 5.91 Å². The molecule has 33 heavy (non-hydrogen) atoms. The molecular formula is C21H29F2N5O4S. The summed E-state index contributed by atoms with van der Waals surface area (Å²) in [7, 11) is 0. The Labute approximate surface area is 194 Å². The molecule has 12 heteroatoms. The summed E-state index contributed by atoms with van der Waals surface area (Å²) in [6.45, 7) is 5.91. The maximum absolute atomic E-state index is 14.0. The third kappa shape index (κ3) is 8.22. The molecule has 0 saturated carbocycles. The lowest BCUT2D eigenvalue weighted by molar-refractivity contribution is 0.0996. The van der Waals surface area contributed by atoms with Gasteiger partial charge in [-0.1, -0.05) is 13.8 Å². The first-order valence-corrected chi connectivity index (χ1v) is 11.2. The topological polar surface area (TPSA) is 139 Å². The van der Waals surface area contributed by atoms with Crippen LogP contribution in [0.1, 0.15) is 48.2 Å². The molecular weight excluding hydrogens is 456 g/mol. The van der Waals surface area contributed by atoms with Gasteiger partial charge in [0, 0.05) is 12.6 Å². The molecule has 9 nitrogen and oxygen atoms in total. The third-order valence-corrected chi connectivity index (χ3v) is 5.31. The van der Waals surface area contributed by atoms with Crippen LogP contribution >= 0.6 is 11.5 Å². The number of urea groups is 1. The number of benzene rings is 1. The van der Waals surface area contributed by atoms with Gasteiger partial charge in [-0.05, 0) is 55.5 Å². The van der Waals surface area contributed by atoms with E-state index in [1.807, 2.05) is 13.8 Å². The van der Waals surface area contributed by atoms with Crippen molar-refractivity contribution in [3.05, 3.63) is 40.5 Å². The number of aromatic nitrogens is 1. The Kier molecular flexibility index (Phi) is 9.95. The van der Waals surface area contributed by atoms with Crippen LogP contribution in [0.3, 0.4) is 0 Å². The molecule has 182 valence electrons. The second-order valence-electron chi connectivity index (χ2n) is 7.77. The zero-order valence-electron chi connectivity index (χ0n) is 18.7. The average Bonchev–Trinajstić information content (AvgIpc) is 3.09. The maximum Gasteiger partial charge on any atom is 0.319 e. The van der Waals surface area contributed by atoms with Crippen LogP contribution in [0.5, 0.6) is 5.88 Å². The normalized spacial score (nSPS) is 12.0. The number of aryl methyl sites for hydroxylation is 1. The van der Waals surface area contributed by atoms with E-state index in [1.54, 1.807) is 6.92 Å². The van der Waals surface area contributed by atoms with Crippen molar-refractivity contribution in [2.75, 3.05) is 18.4 Å². The molecule has 0 fully saturated rings. The Morgan fingerprint density at radius 2 is 1.85 bits per heavy atom. The van der Waals surface area contributed by atoms with Gasteiger partial charge in [-0.15, -0.1) is 0 Å². The van der Waals surface area contributed by atoms with E-state index in [0.29, 0.717) is 31.0 Å². The maximum atomic E-state index is 14.0. The number of nitrogens with zero attached hydrogens (tertiary/aromatic N) is 1. The first-order chi connectivity index (χ1) is 15.6. The number of aliphatic hydroxyl groups excluding tert-OH is 1. The van der Waals surface area contributed by atoms with Crippen molar-refractivity contribution in [1.82, 2.24) is 15.0 Å². The van der Waals surface area contributed by atoms with Crippen molar-refractivity contribution < 1.29 is 28.2 Å². The molecule has 0 aliphatic rings.